The monoisotopic (exact) mass is 305 g/mol. The molecule has 9 heteroatoms. The molecule has 0 aliphatic rings. The van der Waals surface area contributed by atoms with Gasteiger partial charge in [-0.15, -0.1) is 11.3 Å². The number of aromatic nitrogens is 2. The predicted octanol–water partition coefficient (Wildman–Crippen LogP) is 1.53. The number of amides is 1. The molecule has 20 heavy (non-hydrogen) atoms. The minimum atomic E-state index is -4.53. The number of nitrogens with one attached hydrogen (secondary N) is 1. The first kappa shape index (κ1) is 14.5. The highest BCUT2D eigenvalue weighted by Gasteiger charge is 2.30. The molecule has 0 aromatic carbocycles. The van der Waals surface area contributed by atoms with E-state index in [1.54, 1.807) is 11.4 Å². The van der Waals surface area contributed by atoms with Crippen LogP contribution in [-0.2, 0) is 11.3 Å². The van der Waals surface area contributed by atoms with Crippen molar-refractivity contribution in [3.05, 3.63) is 28.1 Å². The zero-order chi connectivity index (χ0) is 14.8. The normalized spacial score (nSPS) is 11.8. The van der Waals surface area contributed by atoms with Gasteiger partial charge in [0, 0.05) is 13.1 Å². The second-order valence-corrected chi connectivity index (χ2v) is 4.92. The number of alkyl halides is 3. The van der Waals surface area contributed by atoms with E-state index < -0.39 is 18.5 Å². The van der Waals surface area contributed by atoms with Crippen LogP contribution in [-0.4, -0.2) is 28.2 Å². The molecule has 0 spiro atoms. The Morgan fingerprint density at radius 1 is 1.45 bits per heavy atom. The number of carbonyl (C=O) groups is 1. The summed E-state index contributed by atoms with van der Waals surface area (Å²) in [5.41, 5.74) is -0.277. The van der Waals surface area contributed by atoms with Crippen LogP contribution >= 0.6 is 11.3 Å². The maximum atomic E-state index is 11.9. The van der Waals surface area contributed by atoms with Crippen molar-refractivity contribution < 1.29 is 18.0 Å². The quantitative estimate of drug-likeness (QED) is 0.931. The minimum Gasteiger partial charge on any atom is -0.354 e. The predicted molar refractivity (Wildman–Crippen MR) is 67.6 cm³/mol. The largest absolute Gasteiger partial charge is 0.397 e. The molecular weight excluding hydrogens is 295 g/mol. The maximum absolute atomic E-state index is 11.9. The molecule has 0 aliphatic carbocycles. The molecule has 0 bridgehead atoms. The van der Waals surface area contributed by atoms with E-state index in [0.29, 0.717) is 10.2 Å². The molecule has 108 valence electrons. The molecule has 0 saturated carbocycles. The lowest BCUT2D eigenvalue weighted by Gasteiger charge is -2.08. The van der Waals surface area contributed by atoms with Crippen LogP contribution in [0.15, 0.2) is 22.6 Å². The summed E-state index contributed by atoms with van der Waals surface area (Å²) in [5, 5.41) is 4.30. The Labute approximate surface area is 115 Å². The number of hydrogen-bond donors (Lipinski definition) is 1. The molecule has 5 nitrogen and oxygen atoms in total. The Balaban J connectivity index is 1.95. The van der Waals surface area contributed by atoms with Crippen LogP contribution in [0, 0.1) is 0 Å². The van der Waals surface area contributed by atoms with Crippen molar-refractivity contribution in [2.24, 2.45) is 0 Å². The van der Waals surface area contributed by atoms with Crippen molar-refractivity contribution >= 4 is 27.5 Å². The van der Waals surface area contributed by atoms with E-state index in [-0.39, 0.29) is 18.6 Å². The van der Waals surface area contributed by atoms with Crippen molar-refractivity contribution in [1.29, 1.82) is 0 Å². The van der Waals surface area contributed by atoms with Gasteiger partial charge in [-0.2, -0.15) is 13.2 Å². The van der Waals surface area contributed by atoms with E-state index in [1.165, 1.54) is 22.2 Å². The first-order valence-corrected chi connectivity index (χ1v) is 6.51. The summed E-state index contributed by atoms with van der Waals surface area (Å²) in [7, 11) is 0. The second-order valence-electron chi connectivity index (χ2n) is 4.02. The zero-order valence-electron chi connectivity index (χ0n) is 10.1. The fourth-order valence-electron chi connectivity index (χ4n) is 1.61. The molecule has 0 unspecified atom stereocenters. The number of thiophene rings is 1. The molecule has 2 heterocycles. The Bertz CT molecular complexity index is 677. The highest BCUT2D eigenvalue weighted by atomic mass is 32.1. The highest BCUT2D eigenvalue weighted by molar-refractivity contribution is 7.16. The van der Waals surface area contributed by atoms with E-state index in [0.717, 1.165) is 0 Å². The smallest absolute Gasteiger partial charge is 0.354 e. The van der Waals surface area contributed by atoms with Crippen molar-refractivity contribution in [2.45, 2.75) is 19.1 Å². The van der Waals surface area contributed by atoms with E-state index in [4.69, 9.17) is 0 Å². The Kier molecular flexibility index (Phi) is 4.07. The zero-order valence-corrected chi connectivity index (χ0v) is 10.9. The molecule has 2 rings (SSSR count). The van der Waals surface area contributed by atoms with Crippen molar-refractivity contribution in [3.63, 3.8) is 0 Å². The molecule has 0 saturated heterocycles. The van der Waals surface area contributed by atoms with Gasteiger partial charge < -0.3 is 5.32 Å². The molecule has 2 aromatic heterocycles. The van der Waals surface area contributed by atoms with Gasteiger partial charge in [0.05, 0.1) is 11.7 Å². The minimum absolute atomic E-state index is 0.0633. The van der Waals surface area contributed by atoms with Gasteiger partial charge >= 0.3 is 6.18 Å². The third-order valence-corrected chi connectivity index (χ3v) is 3.31. The van der Waals surface area contributed by atoms with Gasteiger partial charge in [0.2, 0.25) is 5.91 Å². The van der Waals surface area contributed by atoms with Crippen molar-refractivity contribution in [3.8, 4) is 0 Å². The number of hydrogen-bond acceptors (Lipinski definition) is 4. The molecule has 0 fully saturated rings. The number of fused-ring (bicyclic) bond motifs is 1. The van der Waals surface area contributed by atoms with Crippen LogP contribution in [0.3, 0.4) is 0 Å². The highest BCUT2D eigenvalue weighted by Crippen LogP contribution is 2.18. The molecule has 0 aliphatic heterocycles. The topological polar surface area (TPSA) is 64.0 Å². The standard InChI is InChI=1S/C11H10F3N3O2S/c12-11(13,14)5-8(18)15-2-3-17-6-16-9-7(10(17)19)1-4-20-9/h1,4,6H,2-3,5H2,(H,15,18). The van der Waals surface area contributed by atoms with Gasteiger partial charge in [0.25, 0.3) is 5.56 Å². The average molecular weight is 305 g/mol. The third-order valence-electron chi connectivity index (χ3n) is 2.49. The van der Waals surface area contributed by atoms with Crippen LogP contribution in [0.2, 0.25) is 0 Å². The van der Waals surface area contributed by atoms with Crippen LogP contribution in [0.25, 0.3) is 10.2 Å². The Hall–Kier alpha value is -1.90. The number of carbonyl (C=O) groups excluding carboxylic acids is 1. The summed E-state index contributed by atoms with van der Waals surface area (Å²) in [5.74, 6) is -1.12. The van der Waals surface area contributed by atoms with Crippen LogP contribution in [0.1, 0.15) is 6.42 Å². The van der Waals surface area contributed by atoms with Gasteiger partial charge in [-0.3, -0.25) is 14.2 Å². The van der Waals surface area contributed by atoms with E-state index in [9.17, 15) is 22.8 Å². The third kappa shape index (κ3) is 3.56. The summed E-state index contributed by atoms with van der Waals surface area (Å²) in [6.07, 6.45) is -4.74. The summed E-state index contributed by atoms with van der Waals surface area (Å²) in [6, 6.07) is 1.63. The van der Waals surface area contributed by atoms with E-state index in [2.05, 4.69) is 10.3 Å². The first-order valence-electron chi connectivity index (χ1n) is 5.63. The molecule has 1 amide bonds. The van der Waals surface area contributed by atoms with Crippen LogP contribution in [0.5, 0.6) is 0 Å². The summed E-state index contributed by atoms with van der Waals surface area (Å²) < 4.78 is 37.1. The number of halogens is 3. The summed E-state index contributed by atoms with van der Waals surface area (Å²) in [6.45, 7) is 0.00730. The Morgan fingerprint density at radius 2 is 2.20 bits per heavy atom. The molecular formula is C11H10F3N3O2S. The van der Waals surface area contributed by atoms with Gasteiger partial charge in [-0.25, -0.2) is 4.98 Å². The summed E-state index contributed by atoms with van der Waals surface area (Å²) in [4.78, 5) is 27.6. The molecule has 0 radical (unpaired) electrons. The van der Waals surface area contributed by atoms with Gasteiger partial charge in [-0.1, -0.05) is 0 Å². The van der Waals surface area contributed by atoms with E-state index in [1.807, 2.05) is 0 Å². The second kappa shape index (κ2) is 5.61. The molecule has 0 atom stereocenters. The fraction of sp³-hybridized carbons (Fsp3) is 0.364. The summed E-state index contributed by atoms with van der Waals surface area (Å²) >= 11 is 1.33. The average Bonchev–Trinajstić information content (AvgIpc) is 2.78. The van der Waals surface area contributed by atoms with Gasteiger partial charge in [0.1, 0.15) is 11.3 Å². The fourth-order valence-corrected chi connectivity index (χ4v) is 2.34. The van der Waals surface area contributed by atoms with Crippen molar-refractivity contribution in [1.82, 2.24) is 14.9 Å². The van der Waals surface area contributed by atoms with E-state index >= 15 is 0 Å². The number of rotatable bonds is 4. The lowest BCUT2D eigenvalue weighted by molar-refractivity contribution is -0.153. The van der Waals surface area contributed by atoms with Crippen LogP contribution in [0.4, 0.5) is 13.2 Å². The van der Waals surface area contributed by atoms with Crippen molar-refractivity contribution in [2.75, 3.05) is 6.54 Å². The van der Waals surface area contributed by atoms with Crippen LogP contribution < -0.4 is 10.9 Å². The Morgan fingerprint density at radius 3 is 2.90 bits per heavy atom. The SMILES string of the molecule is O=C(CC(F)(F)F)NCCn1cnc2sccc2c1=O. The number of nitrogens with zero attached hydrogens (tertiary/aromatic N) is 2. The maximum Gasteiger partial charge on any atom is 0.397 e. The lowest BCUT2D eigenvalue weighted by Crippen LogP contribution is -2.33. The van der Waals surface area contributed by atoms with Gasteiger partial charge in [-0.05, 0) is 11.4 Å². The first-order chi connectivity index (χ1) is 9.37. The van der Waals surface area contributed by atoms with Gasteiger partial charge in [0.15, 0.2) is 0 Å². The molecule has 2 aromatic rings. The lowest BCUT2D eigenvalue weighted by atomic mass is 10.4. The molecule has 1 N–H and O–H groups in total.